The molecule has 3 rings (SSSR count). The van der Waals surface area contributed by atoms with Crippen LogP contribution in [0.25, 0.3) is 0 Å². The van der Waals surface area contributed by atoms with Crippen LogP contribution in [0.5, 0.6) is 0 Å². The van der Waals surface area contributed by atoms with Gasteiger partial charge in [-0.2, -0.15) is 0 Å². The van der Waals surface area contributed by atoms with E-state index < -0.39 is 16.1 Å². The van der Waals surface area contributed by atoms with Gasteiger partial charge >= 0.3 is 6.03 Å². The molecule has 1 unspecified atom stereocenters. The van der Waals surface area contributed by atoms with E-state index in [1.807, 2.05) is 0 Å². The summed E-state index contributed by atoms with van der Waals surface area (Å²) in [7, 11) is -2.03. The quantitative estimate of drug-likeness (QED) is 0.860. The van der Waals surface area contributed by atoms with Gasteiger partial charge in [0.05, 0.1) is 23.7 Å². The average Bonchev–Trinajstić information content (AvgIpc) is 2.95. The number of aryl methyl sites for hydroxylation is 1. The van der Waals surface area contributed by atoms with Crippen molar-refractivity contribution < 1.29 is 17.6 Å². The molecule has 0 aromatic heterocycles. The van der Waals surface area contributed by atoms with Crippen molar-refractivity contribution in [3.63, 3.8) is 0 Å². The first-order valence-electron chi connectivity index (χ1n) is 8.14. The van der Waals surface area contributed by atoms with E-state index in [9.17, 15) is 17.6 Å². The van der Waals surface area contributed by atoms with Crippen molar-refractivity contribution in [2.75, 3.05) is 22.9 Å². The molecule has 0 radical (unpaired) electrons. The number of benzene rings is 2. The molecule has 6 nitrogen and oxygen atoms in total. The number of amides is 2. The van der Waals surface area contributed by atoms with Crippen LogP contribution in [0.2, 0.25) is 0 Å². The van der Waals surface area contributed by atoms with Crippen molar-refractivity contribution >= 4 is 27.4 Å². The van der Waals surface area contributed by atoms with Crippen molar-refractivity contribution in [1.82, 2.24) is 5.32 Å². The number of halogens is 1. The molecule has 0 spiro atoms. The van der Waals surface area contributed by atoms with E-state index in [0.29, 0.717) is 24.2 Å². The molecule has 2 amide bonds. The van der Waals surface area contributed by atoms with Gasteiger partial charge in [0.15, 0.2) is 0 Å². The molecule has 2 aromatic rings. The van der Waals surface area contributed by atoms with Gasteiger partial charge in [0.2, 0.25) is 10.0 Å². The minimum atomic E-state index is -3.45. The van der Waals surface area contributed by atoms with Crippen molar-refractivity contribution in [1.29, 1.82) is 0 Å². The maximum Gasteiger partial charge on any atom is 0.319 e. The van der Waals surface area contributed by atoms with Crippen LogP contribution >= 0.6 is 0 Å². The summed E-state index contributed by atoms with van der Waals surface area (Å²) in [6, 6.07) is 10.6. The Bertz CT molecular complexity index is 946. The number of para-hydroxylation sites is 2. The molecule has 0 fully saturated rings. The molecule has 0 heterocycles. The second kappa shape index (κ2) is 6.95. The lowest BCUT2D eigenvalue weighted by molar-refractivity contribution is 0.248. The van der Waals surface area contributed by atoms with Crippen LogP contribution in [-0.2, 0) is 16.4 Å². The van der Waals surface area contributed by atoms with Crippen LogP contribution in [-0.4, -0.2) is 27.8 Å². The van der Waals surface area contributed by atoms with Gasteiger partial charge in [0, 0.05) is 7.05 Å². The lowest BCUT2D eigenvalue weighted by Gasteiger charge is -2.21. The Kier molecular flexibility index (Phi) is 4.86. The van der Waals surface area contributed by atoms with E-state index in [1.54, 1.807) is 30.3 Å². The molecular formula is C18H20FN3O3S. The number of sulfonamides is 1. The van der Waals surface area contributed by atoms with Crippen molar-refractivity contribution in [2.24, 2.45) is 0 Å². The zero-order valence-electron chi connectivity index (χ0n) is 14.5. The van der Waals surface area contributed by atoms with E-state index in [1.165, 1.54) is 19.2 Å². The van der Waals surface area contributed by atoms with Crippen LogP contribution in [0, 0.1) is 5.82 Å². The maximum atomic E-state index is 13.3. The average molecular weight is 377 g/mol. The topological polar surface area (TPSA) is 78.5 Å². The van der Waals surface area contributed by atoms with Gasteiger partial charge in [-0.3, -0.25) is 4.31 Å². The lowest BCUT2D eigenvalue weighted by Crippen LogP contribution is -2.33. The van der Waals surface area contributed by atoms with E-state index in [0.717, 1.165) is 21.7 Å². The van der Waals surface area contributed by atoms with Gasteiger partial charge in [-0.15, -0.1) is 0 Å². The molecule has 1 aliphatic carbocycles. The number of nitrogens with one attached hydrogen (secondary N) is 2. The number of hydrogen-bond acceptors (Lipinski definition) is 3. The van der Waals surface area contributed by atoms with Crippen LogP contribution in [0.15, 0.2) is 42.5 Å². The van der Waals surface area contributed by atoms with Crippen molar-refractivity contribution in [3.05, 3.63) is 59.4 Å². The number of carbonyl (C=O) groups excluding carboxylic acids is 1. The smallest absolute Gasteiger partial charge is 0.319 e. The molecule has 1 atom stereocenters. The predicted molar refractivity (Wildman–Crippen MR) is 99.3 cm³/mol. The molecule has 0 aliphatic heterocycles. The highest BCUT2D eigenvalue weighted by molar-refractivity contribution is 7.92. The summed E-state index contributed by atoms with van der Waals surface area (Å²) in [6.45, 7) is 0. The maximum absolute atomic E-state index is 13.3. The molecular weight excluding hydrogens is 357 g/mol. The number of carbonyl (C=O) groups is 1. The van der Waals surface area contributed by atoms with Crippen LogP contribution in [0.3, 0.4) is 0 Å². The normalized spacial score (nSPS) is 16.0. The van der Waals surface area contributed by atoms with Crippen LogP contribution in [0.1, 0.15) is 23.6 Å². The second-order valence-electron chi connectivity index (χ2n) is 6.28. The second-order valence-corrected chi connectivity index (χ2v) is 8.29. The first-order chi connectivity index (χ1) is 12.3. The fourth-order valence-corrected chi connectivity index (χ4v) is 3.60. The zero-order chi connectivity index (χ0) is 18.9. The summed E-state index contributed by atoms with van der Waals surface area (Å²) in [5.41, 5.74) is 2.56. The zero-order valence-corrected chi connectivity index (χ0v) is 15.3. The largest absolute Gasteiger partial charge is 0.331 e. The molecule has 8 heteroatoms. The Morgan fingerprint density at radius 1 is 1.23 bits per heavy atom. The van der Waals surface area contributed by atoms with E-state index in [-0.39, 0.29) is 11.9 Å². The third-order valence-corrected chi connectivity index (χ3v) is 5.67. The third-order valence-electron chi connectivity index (χ3n) is 4.48. The highest BCUT2D eigenvalue weighted by Gasteiger charge is 2.25. The van der Waals surface area contributed by atoms with E-state index >= 15 is 0 Å². The molecule has 26 heavy (non-hydrogen) atoms. The highest BCUT2D eigenvalue weighted by Crippen LogP contribution is 2.32. The Labute approximate surface area is 152 Å². The number of fused-ring (bicyclic) bond motifs is 1. The molecule has 2 N–H and O–H groups in total. The lowest BCUT2D eigenvalue weighted by atomic mass is 10.1. The van der Waals surface area contributed by atoms with Gasteiger partial charge in [-0.25, -0.2) is 17.6 Å². The number of rotatable bonds is 4. The SMILES string of the molecule is CN(c1ccccc1NC(=O)NC1CCc2cc(F)ccc21)S(C)(=O)=O. The molecule has 0 bridgehead atoms. The number of nitrogens with zero attached hydrogens (tertiary/aromatic N) is 1. The van der Waals surface area contributed by atoms with Crippen molar-refractivity contribution in [3.8, 4) is 0 Å². The summed E-state index contributed by atoms with van der Waals surface area (Å²) in [5.74, 6) is -0.286. The number of urea groups is 1. The van der Waals surface area contributed by atoms with E-state index in [2.05, 4.69) is 10.6 Å². The molecule has 138 valence electrons. The monoisotopic (exact) mass is 377 g/mol. The Morgan fingerprint density at radius 2 is 1.96 bits per heavy atom. The molecule has 0 saturated carbocycles. The van der Waals surface area contributed by atoms with E-state index in [4.69, 9.17) is 0 Å². The van der Waals surface area contributed by atoms with Crippen molar-refractivity contribution in [2.45, 2.75) is 18.9 Å². The molecule has 0 saturated heterocycles. The Hall–Kier alpha value is -2.61. The van der Waals surface area contributed by atoms with Gasteiger partial charge < -0.3 is 10.6 Å². The van der Waals surface area contributed by atoms with Crippen LogP contribution < -0.4 is 14.9 Å². The minimum Gasteiger partial charge on any atom is -0.331 e. The fourth-order valence-electron chi connectivity index (χ4n) is 3.09. The summed E-state index contributed by atoms with van der Waals surface area (Å²) >= 11 is 0. The Morgan fingerprint density at radius 3 is 2.69 bits per heavy atom. The van der Waals surface area contributed by atoms with Gasteiger partial charge in [0.25, 0.3) is 0 Å². The summed E-state index contributed by atoms with van der Waals surface area (Å²) in [4.78, 5) is 12.4. The van der Waals surface area contributed by atoms with Crippen LogP contribution in [0.4, 0.5) is 20.6 Å². The fraction of sp³-hybridized carbons (Fsp3) is 0.278. The summed E-state index contributed by atoms with van der Waals surface area (Å²) < 4.78 is 38.0. The number of anilines is 2. The highest BCUT2D eigenvalue weighted by atomic mass is 32.2. The van der Waals surface area contributed by atoms with Gasteiger partial charge in [0.1, 0.15) is 5.82 Å². The first-order valence-corrected chi connectivity index (χ1v) is 9.99. The molecule has 2 aromatic carbocycles. The summed E-state index contributed by atoms with van der Waals surface area (Å²) in [5, 5.41) is 5.57. The first kappa shape index (κ1) is 18.2. The standard InChI is InChI=1S/C18H20FN3O3S/c1-22(26(2,24)25)17-6-4-3-5-16(17)21-18(23)20-15-10-7-12-11-13(19)8-9-14(12)15/h3-6,8-9,11,15H,7,10H2,1-2H3,(H2,20,21,23). The minimum absolute atomic E-state index is 0.203. The third kappa shape index (κ3) is 3.80. The molecule has 1 aliphatic rings. The number of hydrogen-bond donors (Lipinski definition) is 2. The van der Waals surface area contributed by atoms with Gasteiger partial charge in [-0.05, 0) is 48.2 Å². The predicted octanol–water partition coefficient (Wildman–Crippen LogP) is 3.03. The summed E-state index contributed by atoms with van der Waals surface area (Å²) in [6.07, 6.45) is 2.49. The van der Waals surface area contributed by atoms with Gasteiger partial charge in [-0.1, -0.05) is 18.2 Å². The Balaban J connectivity index is 1.75.